The van der Waals surface area contributed by atoms with Crippen molar-refractivity contribution in [2.75, 3.05) is 13.1 Å². The molecule has 0 saturated carbocycles. The van der Waals surface area contributed by atoms with Crippen molar-refractivity contribution in [1.82, 2.24) is 10.3 Å². The summed E-state index contributed by atoms with van der Waals surface area (Å²) in [6, 6.07) is 9.37. The molecule has 116 valence electrons. The summed E-state index contributed by atoms with van der Waals surface area (Å²) in [5.41, 5.74) is 1.13. The third-order valence-corrected chi connectivity index (χ3v) is 4.52. The topological polar surface area (TPSA) is 34.1 Å². The Hall–Kier alpha value is -1.29. The number of hydrogen-bond donors (Lipinski definition) is 1. The van der Waals surface area contributed by atoms with Crippen LogP contribution in [0.15, 0.2) is 42.7 Å². The molecule has 22 heavy (non-hydrogen) atoms. The third-order valence-electron chi connectivity index (χ3n) is 3.99. The zero-order valence-electron chi connectivity index (χ0n) is 12.1. The van der Waals surface area contributed by atoms with Crippen molar-refractivity contribution in [1.29, 1.82) is 0 Å². The number of halogens is 2. The van der Waals surface area contributed by atoms with Crippen LogP contribution in [0.3, 0.4) is 0 Å². The van der Waals surface area contributed by atoms with E-state index in [0.717, 1.165) is 31.5 Å². The van der Waals surface area contributed by atoms with Crippen LogP contribution in [0.1, 0.15) is 24.5 Å². The van der Waals surface area contributed by atoms with Gasteiger partial charge in [0.05, 0.1) is 5.02 Å². The maximum atomic E-state index is 6.28. The van der Waals surface area contributed by atoms with E-state index < -0.39 is 0 Å². The number of nitrogens with zero attached hydrogens (tertiary/aromatic N) is 1. The molecule has 3 rings (SSSR count). The molecule has 1 fully saturated rings. The van der Waals surface area contributed by atoms with Gasteiger partial charge < -0.3 is 10.1 Å². The molecule has 2 aromatic rings. The number of aromatic nitrogens is 1. The zero-order valence-corrected chi connectivity index (χ0v) is 13.6. The molecule has 0 bridgehead atoms. The van der Waals surface area contributed by atoms with Gasteiger partial charge in [-0.1, -0.05) is 23.2 Å². The Kier molecular flexibility index (Phi) is 5.19. The molecule has 1 saturated heterocycles. The second kappa shape index (κ2) is 7.32. The maximum Gasteiger partial charge on any atom is 0.138 e. The van der Waals surface area contributed by atoms with Gasteiger partial charge in [-0.25, -0.2) is 0 Å². The number of pyridine rings is 1. The van der Waals surface area contributed by atoms with Crippen LogP contribution >= 0.6 is 23.2 Å². The summed E-state index contributed by atoms with van der Waals surface area (Å²) in [6.45, 7) is 2.04. The van der Waals surface area contributed by atoms with Gasteiger partial charge in [-0.2, -0.15) is 0 Å². The van der Waals surface area contributed by atoms with Gasteiger partial charge in [-0.05, 0) is 61.8 Å². The number of hydrogen-bond acceptors (Lipinski definition) is 3. The van der Waals surface area contributed by atoms with Gasteiger partial charge in [0.1, 0.15) is 11.9 Å². The van der Waals surface area contributed by atoms with Crippen molar-refractivity contribution in [3.63, 3.8) is 0 Å². The first-order chi connectivity index (χ1) is 10.7. The molecule has 1 aliphatic rings. The Morgan fingerprint density at radius 3 is 2.50 bits per heavy atom. The Labute approximate surface area is 140 Å². The Balaban J connectivity index is 1.87. The summed E-state index contributed by atoms with van der Waals surface area (Å²) in [5.74, 6) is 1.13. The highest BCUT2D eigenvalue weighted by Crippen LogP contribution is 2.36. The van der Waals surface area contributed by atoms with Gasteiger partial charge in [-0.3, -0.25) is 4.98 Å². The molecule has 2 heterocycles. The average molecular weight is 337 g/mol. The second-order valence-electron chi connectivity index (χ2n) is 5.48. The van der Waals surface area contributed by atoms with Gasteiger partial charge in [-0.15, -0.1) is 0 Å². The molecule has 1 atom stereocenters. The predicted molar refractivity (Wildman–Crippen MR) is 89.7 cm³/mol. The van der Waals surface area contributed by atoms with Crippen molar-refractivity contribution in [3.05, 3.63) is 58.3 Å². The van der Waals surface area contributed by atoms with Gasteiger partial charge in [0.2, 0.25) is 0 Å². The largest absolute Gasteiger partial charge is 0.484 e. The van der Waals surface area contributed by atoms with E-state index >= 15 is 0 Å². The van der Waals surface area contributed by atoms with Crippen LogP contribution in [0.2, 0.25) is 10.0 Å². The third kappa shape index (κ3) is 3.72. The fraction of sp³-hybridized carbons (Fsp3) is 0.353. The first-order valence-corrected chi connectivity index (χ1v) is 8.22. The van der Waals surface area contributed by atoms with E-state index in [1.807, 2.05) is 18.2 Å². The highest BCUT2D eigenvalue weighted by Gasteiger charge is 2.27. The van der Waals surface area contributed by atoms with Crippen molar-refractivity contribution in [2.24, 2.45) is 5.92 Å². The van der Waals surface area contributed by atoms with Crippen LogP contribution in [0.5, 0.6) is 5.75 Å². The first-order valence-electron chi connectivity index (χ1n) is 7.46. The van der Waals surface area contributed by atoms with E-state index in [-0.39, 0.29) is 6.10 Å². The molecule has 0 aliphatic carbocycles. The van der Waals surface area contributed by atoms with Crippen LogP contribution in [-0.4, -0.2) is 18.1 Å². The molecular formula is C17H18Cl2N2O. The van der Waals surface area contributed by atoms with Crippen molar-refractivity contribution in [3.8, 4) is 5.75 Å². The lowest BCUT2D eigenvalue weighted by atomic mass is 9.88. The monoisotopic (exact) mass is 336 g/mol. The number of nitrogens with one attached hydrogen (secondary N) is 1. The quantitative estimate of drug-likeness (QED) is 0.891. The number of ether oxygens (including phenoxy) is 1. The molecular weight excluding hydrogens is 319 g/mol. The van der Waals surface area contributed by atoms with Crippen LogP contribution in [0.25, 0.3) is 0 Å². The summed E-state index contributed by atoms with van der Waals surface area (Å²) in [4.78, 5) is 4.10. The molecule has 1 unspecified atom stereocenters. The van der Waals surface area contributed by atoms with E-state index in [9.17, 15) is 0 Å². The van der Waals surface area contributed by atoms with Gasteiger partial charge in [0.15, 0.2) is 0 Å². The van der Waals surface area contributed by atoms with Crippen LogP contribution in [0, 0.1) is 5.92 Å². The molecule has 3 nitrogen and oxygen atoms in total. The molecule has 1 N–H and O–H groups in total. The van der Waals surface area contributed by atoms with Gasteiger partial charge >= 0.3 is 0 Å². The van der Waals surface area contributed by atoms with Gasteiger partial charge in [0.25, 0.3) is 0 Å². The molecule has 1 aliphatic heterocycles. The van der Waals surface area contributed by atoms with Crippen LogP contribution in [-0.2, 0) is 0 Å². The van der Waals surface area contributed by atoms with Crippen LogP contribution < -0.4 is 10.1 Å². The smallest absolute Gasteiger partial charge is 0.138 e. The number of rotatable bonds is 4. The zero-order chi connectivity index (χ0) is 15.4. The van der Waals surface area contributed by atoms with Gasteiger partial charge in [0, 0.05) is 23.3 Å². The number of benzene rings is 1. The standard InChI is InChI=1S/C17H18Cl2N2O/c18-14-1-2-16(15(19)11-14)22-17(12-3-7-20-8-4-12)13-5-9-21-10-6-13/h1-4,7-8,11,13,17,21H,5-6,9-10H2. The van der Waals surface area contributed by atoms with E-state index in [4.69, 9.17) is 27.9 Å². The lowest BCUT2D eigenvalue weighted by Gasteiger charge is -2.31. The fourth-order valence-corrected chi connectivity index (χ4v) is 3.30. The van der Waals surface area contributed by atoms with Crippen molar-refractivity contribution < 1.29 is 4.74 Å². The minimum atomic E-state index is -0.0243. The second-order valence-corrected chi connectivity index (χ2v) is 6.32. The molecule has 1 aromatic heterocycles. The lowest BCUT2D eigenvalue weighted by molar-refractivity contribution is 0.112. The minimum absolute atomic E-state index is 0.0243. The average Bonchev–Trinajstić information content (AvgIpc) is 2.56. The van der Waals surface area contributed by atoms with Crippen molar-refractivity contribution >= 4 is 23.2 Å². The first kappa shape index (κ1) is 15.6. The van der Waals surface area contributed by atoms with E-state index in [0.29, 0.717) is 21.7 Å². The van der Waals surface area contributed by atoms with E-state index in [1.165, 1.54) is 0 Å². The molecule has 5 heteroatoms. The molecule has 0 spiro atoms. The predicted octanol–water partition coefficient (Wildman–Crippen LogP) is 4.51. The molecule has 0 radical (unpaired) electrons. The van der Waals surface area contributed by atoms with Crippen LogP contribution in [0.4, 0.5) is 0 Å². The Bertz CT molecular complexity index is 615. The lowest BCUT2D eigenvalue weighted by Crippen LogP contribution is -2.32. The summed E-state index contributed by atoms with van der Waals surface area (Å²) in [7, 11) is 0. The SMILES string of the molecule is Clc1ccc(OC(c2ccncc2)C2CCNCC2)c(Cl)c1. The highest BCUT2D eigenvalue weighted by molar-refractivity contribution is 6.35. The van der Waals surface area contributed by atoms with E-state index in [1.54, 1.807) is 24.5 Å². The molecule has 0 amide bonds. The maximum absolute atomic E-state index is 6.28. The van der Waals surface area contributed by atoms with Crippen molar-refractivity contribution in [2.45, 2.75) is 18.9 Å². The summed E-state index contributed by atoms with van der Waals surface area (Å²) >= 11 is 12.2. The number of piperidine rings is 1. The molecule has 1 aromatic carbocycles. The Morgan fingerprint density at radius 2 is 1.82 bits per heavy atom. The normalized spacial score (nSPS) is 17.2. The Morgan fingerprint density at radius 1 is 1.09 bits per heavy atom. The highest BCUT2D eigenvalue weighted by atomic mass is 35.5. The summed E-state index contributed by atoms with van der Waals surface area (Å²) in [6.07, 6.45) is 5.74. The fourth-order valence-electron chi connectivity index (χ4n) is 2.84. The summed E-state index contributed by atoms with van der Waals surface area (Å²) < 4.78 is 6.28. The summed E-state index contributed by atoms with van der Waals surface area (Å²) in [5, 5.41) is 4.55. The minimum Gasteiger partial charge on any atom is -0.484 e. The van der Waals surface area contributed by atoms with E-state index in [2.05, 4.69) is 10.3 Å².